The minimum Gasteiger partial charge on any atom is -0.870 e. The molecule has 0 fully saturated rings. The van der Waals surface area contributed by atoms with Gasteiger partial charge in [-0.3, -0.25) is 19.6 Å². The largest absolute Gasteiger partial charge is 1.00 e. The Morgan fingerprint density at radius 2 is 0.974 bits per heavy atom. The fraction of sp³-hybridized carbons (Fsp3) is 0.434. The average Bonchev–Trinajstić information content (AvgIpc) is 3.34. The zero-order valence-corrected chi connectivity index (χ0v) is 48.1. The van der Waals surface area contributed by atoms with Crippen LogP contribution in [0.15, 0.2) is 94.9 Å². The number of rotatable bonds is 24. The van der Waals surface area contributed by atoms with Gasteiger partial charge in [-0.15, -0.1) is 23.5 Å². The van der Waals surface area contributed by atoms with E-state index in [-0.39, 0.29) is 116 Å². The third-order valence-electron chi connectivity index (χ3n) is 10.8. The molecule has 0 unspecified atom stereocenters. The van der Waals surface area contributed by atoms with Crippen molar-refractivity contribution in [1.29, 1.82) is 0 Å². The first-order valence-corrected chi connectivity index (χ1v) is 26.5. The number of carboxylic acid groups (broad SMARTS) is 1. The van der Waals surface area contributed by atoms with Crippen LogP contribution >= 0.6 is 96.9 Å². The fourth-order valence-electron chi connectivity index (χ4n) is 7.14. The number of benzene rings is 4. The summed E-state index contributed by atoms with van der Waals surface area (Å²) in [5, 5.41) is 18.1. The minimum atomic E-state index is -1.14. The molecule has 4 aromatic rings. The summed E-state index contributed by atoms with van der Waals surface area (Å²) in [4.78, 5) is 58.4. The van der Waals surface area contributed by atoms with Crippen LogP contribution in [0.25, 0.3) is 0 Å². The number of unbranched alkanes of at least 4 members (excludes halogenated alkanes) is 4. The number of hydrogen-bond donors (Lipinski definition) is 3. The van der Waals surface area contributed by atoms with Crippen LogP contribution in [0.5, 0.6) is 11.5 Å². The van der Waals surface area contributed by atoms with Crippen molar-refractivity contribution in [3.05, 3.63) is 127 Å². The Hall–Kier alpha value is -3.22. The van der Waals surface area contributed by atoms with Crippen LogP contribution in [-0.2, 0) is 27.2 Å². The van der Waals surface area contributed by atoms with E-state index in [9.17, 15) is 24.3 Å². The number of nitrogens with zero attached hydrogens (tertiary/aromatic N) is 2. The van der Waals surface area contributed by atoms with E-state index in [1.807, 2.05) is 59.9 Å². The summed E-state index contributed by atoms with van der Waals surface area (Å²) in [7, 11) is 1.28. The smallest absolute Gasteiger partial charge is 0.870 e. The predicted octanol–water partition coefficient (Wildman–Crippen LogP) is 9.38. The second-order valence-electron chi connectivity index (χ2n) is 16.1. The van der Waals surface area contributed by atoms with Gasteiger partial charge in [-0.25, -0.2) is 9.59 Å². The molecule has 14 nitrogen and oxygen atoms in total. The third-order valence-corrected chi connectivity index (χ3v) is 14.4. The van der Waals surface area contributed by atoms with Crippen LogP contribution in [0.4, 0.5) is 0 Å². The number of carbonyl (C=O) groups excluding carboxylic acids is 3. The van der Waals surface area contributed by atoms with Gasteiger partial charge in [0.15, 0.2) is 0 Å². The van der Waals surface area contributed by atoms with Crippen LogP contribution in [0.3, 0.4) is 0 Å². The summed E-state index contributed by atoms with van der Waals surface area (Å²) >= 11 is 28.1. The summed E-state index contributed by atoms with van der Waals surface area (Å²) in [6, 6.07) is 22.2. The molecule has 2 amide bonds. The van der Waals surface area contributed by atoms with Crippen molar-refractivity contribution >= 4 is 131 Å². The quantitative estimate of drug-likeness (QED) is 0.0340. The number of nitrogens with one attached hydrogen (secondary N) is 2. The van der Waals surface area contributed by atoms with Crippen molar-refractivity contribution in [3.8, 4) is 11.5 Å². The molecule has 0 aliphatic carbocycles. The second kappa shape index (κ2) is 42.7. The Balaban J connectivity index is -0.00000128. The standard InChI is InChI=1S/C26H30Cl2N2O4S.C25H28Cl2N2O4S.2CH4.Li.2H2O.2H2S/c1-33-26(32)22(30-25(31)24-20(27)7-5-8-21(24)28)17-18-10-12-19(13-11-18)34-15-4-2-3-9-23-29-14-6-16-35-23;26-19-6-4-7-20(27)23(19)24(30)29-21(25(31)32)16-17-9-11-18(12-10-17)33-14-3-1-2-8-22-28-13-5-15-34-22;;;;;;;/h5,7-8,10-13,22H,2-4,6,9,14-17H2,1H3,(H,30,31);4,6-7,9-12,21H,1-3,5,8,13-16H2,(H,29,30)(H,31,32);2*1H4;;4*1H2/q;;;;+1;;;;/p-1/t22-;21-;;;;;;;/m00......./s1. The molecule has 0 radical (unpaired) electrons. The molecule has 2 heterocycles. The van der Waals surface area contributed by atoms with Gasteiger partial charge in [-0.2, -0.15) is 27.0 Å². The number of carboxylic acids is 1. The predicted molar refractivity (Wildman–Crippen MR) is 322 cm³/mol. The van der Waals surface area contributed by atoms with Gasteiger partial charge in [0.2, 0.25) is 0 Å². The maximum atomic E-state index is 12.7. The number of amides is 2. The Kier molecular flexibility index (Phi) is 43.3. The molecule has 2 aliphatic rings. The molecule has 76 heavy (non-hydrogen) atoms. The van der Waals surface area contributed by atoms with Crippen molar-refractivity contribution in [1.82, 2.24) is 10.6 Å². The monoisotopic (exact) mass is 1200 g/mol. The van der Waals surface area contributed by atoms with Gasteiger partial charge in [0.1, 0.15) is 23.6 Å². The summed E-state index contributed by atoms with van der Waals surface area (Å²) < 4.78 is 16.5. The molecule has 2 atom stereocenters. The molecule has 4 aromatic carbocycles. The van der Waals surface area contributed by atoms with Crippen molar-refractivity contribution in [3.63, 3.8) is 0 Å². The Morgan fingerprint density at radius 1 is 0.605 bits per heavy atom. The van der Waals surface area contributed by atoms with Crippen LogP contribution in [-0.4, -0.2) is 107 Å². The van der Waals surface area contributed by atoms with Crippen LogP contribution in [0.1, 0.15) is 111 Å². The van der Waals surface area contributed by atoms with E-state index in [1.165, 1.54) is 53.7 Å². The molecule has 23 heteroatoms. The van der Waals surface area contributed by atoms with Crippen LogP contribution < -0.4 is 39.0 Å². The van der Waals surface area contributed by atoms with Crippen molar-refractivity contribution in [2.45, 2.75) is 104 Å². The summed E-state index contributed by atoms with van der Waals surface area (Å²) in [6.45, 7) is 3.23. The fourth-order valence-corrected chi connectivity index (χ4v) is 10.2. The molecular weight excluding hydrogens is 1130 g/mol. The molecule has 6 N–H and O–H groups in total. The Morgan fingerprint density at radius 3 is 1.32 bits per heavy atom. The topological polar surface area (TPSA) is 226 Å². The Bertz CT molecular complexity index is 2360. The number of carbonyl (C=O) groups is 4. The molecule has 0 bridgehead atoms. The van der Waals surface area contributed by atoms with Gasteiger partial charge in [0, 0.05) is 37.4 Å². The first kappa shape index (κ1) is 77.0. The van der Waals surface area contributed by atoms with E-state index >= 15 is 0 Å². The van der Waals surface area contributed by atoms with Crippen molar-refractivity contribution in [2.75, 3.05) is 44.9 Å². The second-order valence-corrected chi connectivity index (χ2v) is 20.0. The molecule has 2 aliphatic heterocycles. The minimum absolute atomic E-state index is 0. The van der Waals surface area contributed by atoms with E-state index in [2.05, 4.69) is 20.6 Å². The van der Waals surface area contributed by atoms with Gasteiger partial charge >= 0.3 is 30.8 Å². The van der Waals surface area contributed by atoms with Crippen molar-refractivity contribution in [2.24, 2.45) is 9.98 Å². The molecule has 0 spiro atoms. The first-order valence-electron chi connectivity index (χ1n) is 23.0. The molecule has 418 valence electrons. The summed E-state index contributed by atoms with van der Waals surface area (Å²) in [6.07, 6.45) is 11.3. The van der Waals surface area contributed by atoms with Crippen molar-refractivity contribution < 1.29 is 68.3 Å². The third kappa shape index (κ3) is 27.1. The van der Waals surface area contributed by atoms with Gasteiger partial charge in [0.25, 0.3) is 11.8 Å². The van der Waals surface area contributed by atoms with Crippen LogP contribution in [0, 0.1) is 0 Å². The first-order chi connectivity index (χ1) is 33.4. The number of aliphatic carboxylic acids is 1. The summed E-state index contributed by atoms with van der Waals surface area (Å²) in [5.74, 6) is 1.02. The zero-order chi connectivity index (χ0) is 49.4. The molecular formula is C53H73Cl4LiN4O10S4. The van der Waals surface area contributed by atoms with Crippen LogP contribution in [0.2, 0.25) is 20.1 Å². The molecule has 6 rings (SSSR count). The van der Waals surface area contributed by atoms with E-state index < -0.39 is 35.8 Å². The maximum Gasteiger partial charge on any atom is 1.00 e. The number of hydrogen-bond acceptors (Lipinski definition) is 12. The van der Waals surface area contributed by atoms with E-state index in [0.29, 0.717) is 13.2 Å². The van der Waals surface area contributed by atoms with Gasteiger partial charge in [0.05, 0.1) is 61.6 Å². The molecule has 0 saturated carbocycles. The number of thioether (sulfide) groups is 2. The number of halogens is 4. The van der Waals surface area contributed by atoms with E-state index in [4.69, 9.17) is 60.6 Å². The SMILES string of the molecule is C.C.COC(=O)[C@H](Cc1ccc(OCCCCCC2=NCCCS2)cc1)NC(=O)c1c(Cl)cccc1Cl.O.O=C(N[C@@H](Cc1ccc(OCCCCCC2=NCCCS2)cc1)C(=O)O)c1c(Cl)cccc1Cl.S.S.[Li+].[OH-]. The molecule has 0 aromatic heterocycles. The number of methoxy groups -OCH3 is 1. The van der Waals surface area contributed by atoms with Gasteiger partial charge < -0.3 is 40.9 Å². The Labute approximate surface area is 503 Å². The normalized spacial score (nSPS) is 12.9. The number of ether oxygens (including phenoxy) is 3. The molecule has 0 saturated heterocycles. The summed E-state index contributed by atoms with van der Waals surface area (Å²) in [5.41, 5.74) is 1.80. The maximum absolute atomic E-state index is 12.7. The van der Waals surface area contributed by atoms with E-state index in [0.717, 1.165) is 87.1 Å². The van der Waals surface area contributed by atoms with Gasteiger partial charge in [-0.05, 0) is 124 Å². The number of aliphatic imine (C=N–C) groups is 2. The zero-order valence-electron chi connectivity index (χ0n) is 41.4. The average molecular weight is 1200 g/mol. The van der Waals surface area contributed by atoms with E-state index in [1.54, 1.807) is 36.4 Å². The van der Waals surface area contributed by atoms with Gasteiger partial charge in [-0.1, -0.05) is 97.7 Å². The number of esters is 1.